The van der Waals surface area contributed by atoms with Gasteiger partial charge < -0.3 is 10.3 Å². The molecule has 3 aromatic rings. The van der Waals surface area contributed by atoms with Crippen LogP contribution in [0.3, 0.4) is 0 Å². The largest absolute Gasteiger partial charge is 0.329 e. The molecule has 0 saturated heterocycles. The van der Waals surface area contributed by atoms with Crippen LogP contribution in [0, 0.1) is 0 Å². The van der Waals surface area contributed by atoms with Crippen molar-refractivity contribution in [3.63, 3.8) is 0 Å². The molecule has 0 atom stereocenters. The van der Waals surface area contributed by atoms with Gasteiger partial charge in [0.05, 0.1) is 11.4 Å². The molecule has 8 nitrogen and oxygen atoms in total. The molecular formula is C13H10N6O2. The Morgan fingerprint density at radius 2 is 2.10 bits per heavy atom. The molecule has 1 amide bonds. The molecule has 21 heavy (non-hydrogen) atoms. The molecule has 0 aliphatic rings. The van der Waals surface area contributed by atoms with Crippen molar-refractivity contribution in [1.29, 1.82) is 0 Å². The van der Waals surface area contributed by atoms with Crippen molar-refractivity contribution in [2.45, 2.75) is 0 Å². The summed E-state index contributed by atoms with van der Waals surface area (Å²) in [6, 6.07) is 9.83. The maximum atomic E-state index is 12.2. The second-order valence-electron chi connectivity index (χ2n) is 4.17. The number of benzene rings is 1. The summed E-state index contributed by atoms with van der Waals surface area (Å²) < 4.78 is 1.44. The van der Waals surface area contributed by atoms with E-state index in [1.807, 2.05) is 0 Å². The van der Waals surface area contributed by atoms with Gasteiger partial charge in [0.25, 0.3) is 5.91 Å². The van der Waals surface area contributed by atoms with Gasteiger partial charge in [0.1, 0.15) is 6.33 Å². The van der Waals surface area contributed by atoms with E-state index in [0.717, 1.165) is 0 Å². The molecule has 1 aromatic carbocycles. The van der Waals surface area contributed by atoms with E-state index >= 15 is 0 Å². The van der Waals surface area contributed by atoms with Crippen LogP contribution in [-0.4, -0.2) is 31.1 Å². The molecule has 3 rings (SSSR count). The van der Waals surface area contributed by atoms with Gasteiger partial charge in [0.2, 0.25) is 5.56 Å². The average Bonchev–Trinajstić information content (AvgIpc) is 3.02. The average molecular weight is 282 g/mol. The van der Waals surface area contributed by atoms with Gasteiger partial charge in [-0.2, -0.15) is 4.68 Å². The van der Waals surface area contributed by atoms with Crippen molar-refractivity contribution in [2.75, 3.05) is 5.32 Å². The Hall–Kier alpha value is -3.29. The number of hydrogen-bond acceptors (Lipinski definition) is 5. The molecule has 2 heterocycles. The van der Waals surface area contributed by atoms with E-state index in [1.165, 1.54) is 29.3 Å². The zero-order valence-electron chi connectivity index (χ0n) is 10.7. The highest BCUT2D eigenvalue weighted by Crippen LogP contribution is 2.19. The van der Waals surface area contributed by atoms with Crippen molar-refractivity contribution in [2.24, 2.45) is 0 Å². The lowest BCUT2D eigenvalue weighted by atomic mass is 10.2. The normalized spacial score (nSPS) is 10.3. The van der Waals surface area contributed by atoms with E-state index in [4.69, 9.17) is 0 Å². The molecule has 8 heteroatoms. The number of carbonyl (C=O) groups excluding carboxylic acids is 1. The number of H-pyrrole nitrogens is 1. The molecule has 0 radical (unpaired) electrons. The maximum Gasteiger partial charge on any atom is 0.255 e. The second kappa shape index (κ2) is 5.37. The van der Waals surface area contributed by atoms with E-state index in [9.17, 15) is 9.59 Å². The lowest BCUT2D eigenvalue weighted by molar-refractivity contribution is 0.102. The predicted octanol–water partition coefficient (Wildman–Crippen LogP) is 0.603. The van der Waals surface area contributed by atoms with E-state index in [2.05, 4.69) is 25.8 Å². The minimum atomic E-state index is -0.387. The van der Waals surface area contributed by atoms with Crippen LogP contribution in [0.2, 0.25) is 0 Å². The summed E-state index contributed by atoms with van der Waals surface area (Å²) >= 11 is 0. The number of nitrogens with one attached hydrogen (secondary N) is 2. The number of anilines is 1. The highest BCUT2D eigenvalue weighted by molar-refractivity contribution is 6.05. The Morgan fingerprint density at radius 3 is 2.86 bits per heavy atom. The fourth-order valence-electron chi connectivity index (χ4n) is 1.83. The van der Waals surface area contributed by atoms with Gasteiger partial charge in [-0.3, -0.25) is 9.59 Å². The van der Waals surface area contributed by atoms with E-state index < -0.39 is 0 Å². The molecule has 0 unspecified atom stereocenters. The Bertz CT molecular complexity index is 824. The summed E-state index contributed by atoms with van der Waals surface area (Å²) in [5.74, 6) is -0.387. The SMILES string of the molecule is O=C(Nc1ccccc1-n1cnnn1)c1cc[nH]c(=O)c1. The number of aromatic amines is 1. The molecule has 0 fully saturated rings. The third-order valence-electron chi connectivity index (χ3n) is 2.79. The van der Waals surface area contributed by atoms with E-state index in [-0.39, 0.29) is 17.0 Å². The minimum Gasteiger partial charge on any atom is -0.329 e. The number of amides is 1. The molecule has 2 N–H and O–H groups in total. The lowest BCUT2D eigenvalue weighted by Gasteiger charge is -2.09. The molecular weight excluding hydrogens is 272 g/mol. The Morgan fingerprint density at radius 1 is 1.24 bits per heavy atom. The first-order valence-corrected chi connectivity index (χ1v) is 6.06. The molecule has 0 bridgehead atoms. The highest BCUT2D eigenvalue weighted by Gasteiger charge is 2.11. The van der Waals surface area contributed by atoms with Gasteiger partial charge in [-0.25, -0.2) is 0 Å². The molecule has 2 aromatic heterocycles. The lowest BCUT2D eigenvalue weighted by Crippen LogP contribution is -2.16. The first-order chi connectivity index (χ1) is 10.2. The van der Waals surface area contributed by atoms with Crippen LogP contribution in [0.1, 0.15) is 10.4 Å². The zero-order chi connectivity index (χ0) is 14.7. The molecule has 0 aliphatic heterocycles. The molecule has 104 valence electrons. The summed E-state index contributed by atoms with van der Waals surface area (Å²) in [5, 5.41) is 13.7. The highest BCUT2D eigenvalue weighted by atomic mass is 16.2. The van der Waals surface area contributed by atoms with Gasteiger partial charge in [0.15, 0.2) is 0 Å². The van der Waals surface area contributed by atoms with Gasteiger partial charge in [-0.15, -0.1) is 5.10 Å². The quantitative estimate of drug-likeness (QED) is 0.732. The van der Waals surface area contributed by atoms with Gasteiger partial charge >= 0.3 is 0 Å². The van der Waals surface area contributed by atoms with Gasteiger partial charge in [0, 0.05) is 17.8 Å². The number of aromatic nitrogens is 5. The van der Waals surface area contributed by atoms with Crippen LogP contribution in [0.4, 0.5) is 5.69 Å². The van der Waals surface area contributed by atoms with Crippen LogP contribution >= 0.6 is 0 Å². The summed E-state index contributed by atoms with van der Waals surface area (Å²) in [6.45, 7) is 0. The number of pyridine rings is 1. The predicted molar refractivity (Wildman–Crippen MR) is 74.2 cm³/mol. The summed E-state index contributed by atoms with van der Waals surface area (Å²) in [5.41, 5.74) is 1.09. The van der Waals surface area contributed by atoms with Gasteiger partial charge in [-0.05, 0) is 28.6 Å². The Balaban J connectivity index is 1.92. The van der Waals surface area contributed by atoms with Crippen LogP contribution < -0.4 is 10.9 Å². The van der Waals surface area contributed by atoms with Crippen molar-refractivity contribution in [1.82, 2.24) is 25.2 Å². The molecule has 0 spiro atoms. The number of nitrogens with zero attached hydrogens (tertiary/aromatic N) is 4. The first-order valence-electron chi connectivity index (χ1n) is 6.06. The fourth-order valence-corrected chi connectivity index (χ4v) is 1.83. The smallest absolute Gasteiger partial charge is 0.255 e. The summed E-state index contributed by atoms with van der Waals surface area (Å²) in [4.78, 5) is 25.9. The molecule has 0 aliphatic carbocycles. The van der Waals surface area contributed by atoms with Crippen molar-refractivity contribution in [3.05, 3.63) is 64.8 Å². The van der Waals surface area contributed by atoms with Crippen LogP contribution in [0.5, 0.6) is 0 Å². The fraction of sp³-hybridized carbons (Fsp3) is 0. The monoisotopic (exact) mass is 282 g/mol. The number of carbonyl (C=O) groups is 1. The number of para-hydroxylation sites is 2. The third-order valence-corrected chi connectivity index (χ3v) is 2.79. The number of tetrazole rings is 1. The van der Waals surface area contributed by atoms with Crippen molar-refractivity contribution in [3.8, 4) is 5.69 Å². The first kappa shape index (κ1) is 12.7. The number of rotatable bonds is 3. The molecule has 0 saturated carbocycles. The van der Waals surface area contributed by atoms with E-state index in [1.54, 1.807) is 24.3 Å². The number of hydrogen-bond donors (Lipinski definition) is 2. The van der Waals surface area contributed by atoms with Gasteiger partial charge in [-0.1, -0.05) is 12.1 Å². The van der Waals surface area contributed by atoms with Crippen LogP contribution in [-0.2, 0) is 0 Å². The second-order valence-corrected chi connectivity index (χ2v) is 4.17. The zero-order valence-corrected chi connectivity index (χ0v) is 10.7. The summed E-state index contributed by atoms with van der Waals surface area (Å²) in [7, 11) is 0. The standard InChI is InChI=1S/C13H10N6O2/c20-12-7-9(5-6-14-12)13(21)16-10-3-1-2-4-11(10)19-8-15-17-18-19/h1-8H,(H,14,20)(H,16,21). The minimum absolute atomic E-state index is 0.269. The third kappa shape index (κ3) is 2.68. The maximum absolute atomic E-state index is 12.2. The topological polar surface area (TPSA) is 106 Å². The Labute approximate surface area is 118 Å². The van der Waals surface area contributed by atoms with E-state index in [0.29, 0.717) is 11.4 Å². The van der Waals surface area contributed by atoms with Crippen LogP contribution in [0.25, 0.3) is 5.69 Å². The van der Waals surface area contributed by atoms with Crippen molar-refractivity contribution >= 4 is 11.6 Å². The summed E-state index contributed by atoms with van der Waals surface area (Å²) in [6.07, 6.45) is 2.85. The van der Waals surface area contributed by atoms with Crippen molar-refractivity contribution < 1.29 is 4.79 Å². The van der Waals surface area contributed by atoms with Crippen LogP contribution in [0.15, 0.2) is 53.7 Å². The Kier molecular flexibility index (Phi) is 3.26.